The van der Waals surface area contributed by atoms with Crippen molar-refractivity contribution in [2.75, 3.05) is 39.3 Å². The van der Waals surface area contributed by atoms with Gasteiger partial charge in [-0.2, -0.15) is 5.06 Å². The molecule has 7 rings (SSSR count). The highest BCUT2D eigenvalue weighted by Gasteiger charge is 2.56. The third-order valence-corrected chi connectivity index (χ3v) is 12.1. The summed E-state index contributed by atoms with van der Waals surface area (Å²) in [4.78, 5) is 36.1. The maximum atomic E-state index is 14.2. The number of hydrogen-bond acceptors (Lipinski definition) is 9. The number of para-hydroxylation sites is 1. The number of nitrogens with zero attached hydrogens (tertiary/aromatic N) is 2. The fourth-order valence-electron chi connectivity index (χ4n) is 8.84. The summed E-state index contributed by atoms with van der Waals surface area (Å²) in [6.07, 6.45) is 0.670. The van der Waals surface area contributed by atoms with Crippen LogP contribution in [0.15, 0.2) is 78.9 Å². The van der Waals surface area contributed by atoms with Crippen molar-refractivity contribution in [2.24, 2.45) is 23.2 Å². The smallest absolute Gasteiger partial charge is 0.251 e. The zero-order valence-corrected chi connectivity index (χ0v) is 32.3. The summed E-state index contributed by atoms with van der Waals surface area (Å²) in [6, 6.07) is 19.5. The van der Waals surface area contributed by atoms with E-state index in [1.165, 1.54) is 0 Å². The van der Waals surface area contributed by atoms with Crippen molar-refractivity contribution in [3.63, 3.8) is 0 Å². The molecular weight excluding hydrogens is 684 g/mol. The number of carbonyl (C=O) groups excluding carboxylic acids is 2. The molecule has 0 aromatic heterocycles. The molecule has 2 bridgehead atoms. The lowest BCUT2D eigenvalue weighted by atomic mass is 9.46. The number of carbonyl (C=O) groups is 2. The number of fused-ring (bicyclic) bond motifs is 2. The van der Waals surface area contributed by atoms with Gasteiger partial charge in [-0.3, -0.25) is 14.4 Å². The Balaban J connectivity index is 1.28. The zero-order chi connectivity index (χ0) is 38.9. The van der Waals surface area contributed by atoms with Crippen molar-refractivity contribution in [3.05, 3.63) is 95.6 Å². The highest BCUT2D eigenvalue weighted by Crippen LogP contribution is 2.60. The van der Waals surface area contributed by atoms with Gasteiger partial charge in [0.25, 0.3) is 5.91 Å². The van der Waals surface area contributed by atoms with Crippen LogP contribution < -0.4 is 20.3 Å². The van der Waals surface area contributed by atoms with Crippen molar-refractivity contribution < 1.29 is 34.5 Å². The minimum absolute atomic E-state index is 0.122. The van der Waals surface area contributed by atoms with Crippen molar-refractivity contribution in [1.82, 2.24) is 15.7 Å². The molecule has 0 spiro atoms. The highest BCUT2D eigenvalue weighted by molar-refractivity contribution is 5.97. The molecule has 1 saturated heterocycles. The molecule has 3 aliphatic carbocycles. The van der Waals surface area contributed by atoms with Crippen LogP contribution in [0.3, 0.4) is 0 Å². The number of amides is 2. The summed E-state index contributed by atoms with van der Waals surface area (Å²) in [5.74, 6) is 0.107. The van der Waals surface area contributed by atoms with E-state index >= 15 is 0 Å². The molecule has 5 N–H and O–H groups in total. The van der Waals surface area contributed by atoms with Crippen molar-refractivity contribution >= 4 is 17.5 Å². The number of anilines is 1. The lowest BCUT2D eigenvalue weighted by Gasteiger charge is -2.60. The van der Waals surface area contributed by atoms with E-state index in [-0.39, 0.29) is 43.0 Å². The van der Waals surface area contributed by atoms with Crippen LogP contribution in [-0.2, 0) is 22.6 Å². The number of aliphatic hydroxyl groups is 3. The molecule has 3 aromatic rings. The lowest BCUT2D eigenvalue weighted by Crippen LogP contribution is -2.59. The first-order valence-corrected chi connectivity index (χ1v) is 18.9. The molecule has 1 heterocycles. The van der Waals surface area contributed by atoms with E-state index in [9.17, 15) is 24.9 Å². The Hall–Kier alpha value is -4.26. The van der Waals surface area contributed by atoms with Crippen molar-refractivity contribution in [2.45, 2.75) is 76.9 Å². The number of hydroxylamine groups is 2. The van der Waals surface area contributed by atoms with Gasteiger partial charge in [0.1, 0.15) is 17.9 Å². The van der Waals surface area contributed by atoms with Crippen LogP contribution in [0.1, 0.15) is 55.1 Å². The fraction of sp³-hybridized carbons (Fsp3) is 0.488. The molecule has 4 fully saturated rings. The number of nitrogens with one attached hydrogen (secondary N) is 2. The van der Waals surface area contributed by atoms with E-state index in [2.05, 4.69) is 31.1 Å². The molecule has 8 atom stereocenters. The van der Waals surface area contributed by atoms with Crippen LogP contribution in [0.25, 0.3) is 11.1 Å². The van der Waals surface area contributed by atoms with Crippen LogP contribution >= 0.6 is 0 Å². The van der Waals surface area contributed by atoms with Crippen LogP contribution in [0.2, 0.25) is 0 Å². The van der Waals surface area contributed by atoms with Gasteiger partial charge < -0.3 is 35.6 Å². The fourth-order valence-corrected chi connectivity index (χ4v) is 8.84. The van der Waals surface area contributed by atoms with E-state index in [1.807, 2.05) is 79.7 Å². The molecule has 0 radical (unpaired) electrons. The number of rotatable bonds is 14. The molecule has 11 heteroatoms. The van der Waals surface area contributed by atoms with Gasteiger partial charge in [0.05, 0.1) is 45.1 Å². The van der Waals surface area contributed by atoms with E-state index in [1.54, 1.807) is 25.2 Å². The monoisotopic (exact) mass is 740 g/mol. The third kappa shape index (κ3) is 7.79. The van der Waals surface area contributed by atoms with Gasteiger partial charge in [-0.05, 0) is 72.8 Å². The molecule has 54 heavy (non-hydrogen) atoms. The predicted molar refractivity (Wildman–Crippen MR) is 209 cm³/mol. The average Bonchev–Trinajstić information content (AvgIpc) is 3.53. The van der Waals surface area contributed by atoms with Crippen LogP contribution in [0.4, 0.5) is 5.69 Å². The minimum Gasteiger partial charge on any atom is -0.496 e. The minimum atomic E-state index is -0.936. The summed E-state index contributed by atoms with van der Waals surface area (Å²) in [7, 11) is 5.38. The molecule has 3 aromatic carbocycles. The van der Waals surface area contributed by atoms with Crippen molar-refractivity contribution in [3.8, 4) is 16.9 Å². The number of methoxy groups -OCH3 is 1. The van der Waals surface area contributed by atoms with Crippen molar-refractivity contribution in [1.29, 1.82) is 0 Å². The Bertz CT molecular complexity index is 1830. The number of aliphatic hydroxyl groups excluding tert-OH is 3. The standard InChI is InChI=1S/C43H56N4O7/c1-25-35-20-31(43(35,3)4)21-36(25)45-42(52)39-38(26(2)50)37(24-49)54-47(39)22-28-14-11-15-34(40(28)53-7)29-17-30(19-33(18-29)46(5)6)41(51)44-32(23-48)16-27-12-9-8-10-13-27/h8-15,17-19,26,31-32,35-39,48-50H,1,16,20-24H2,2-7H3,(H,44,51)(H,45,52)/t26-,31+,32-,35-,36-,37-,38+,39-/m0/s1. The first kappa shape index (κ1) is 39.4. The Morgan fingerprint density at radius 1 is 1.07 bits per heavy atom. The maximum absolute atomic E-state index is 14.2. The van der Waals surface area contributed by atoms with E-state index in [4.69, 9.17) is 9.57 Å². The Morgan fingerprint density at radius 3 is 2.43 bits per heavy atom. The topological polar surface area (TPSA) is 144 Å². The second kappa shape index (κ2) is 16.2. The maximum Gasteiger partial charge on any atom is 0.251 e. The first-order chi connectivity index (χ1) is 25.8. The quantitative estimate of drug-likeness (QED) is 0.153. The molecule has 11 nitrogen and oxygen atoms in total. The highest BCUT2D eigenvalue weighted by atomic mass is 16.7. The van der Waals surface area contributed by atoms with Gasteiger partial charge in [-0.15, -0.1) is 0 Å². The third-order valence-electron chi connectivity index (χ3n) is 12.1. The Morgan fingerprint density at radius 2 is 1.81 bits per heavy atom. The molecular formula is C43H56N4O7. The molecule has 2 amide bonds. The Labute approximate surface area is 318 Å². The average molecular weight is 741 g/mol. The van der Waals surface area contributed by atoms with Gasteiger partial charge in [0.2, 0.25) is 5.91 Å². The van der Waals surface area contributed by atoms with Gasteiger partial charge in [-0.25, -0.2) is 0 Å². The summed E-state index contributed by atoms with van der Waals surface area (Å²) < 4.78 is 6.04. The summed E-state index contributed by atoms with van der Waals surface area (Å²) in [6.45, 7) is 10.1. The summed E-state index contributed by atoms with van der Waals surface area (Å²) >= 11 is 0. The van der Waals surface area contributed by atoms with Crippen LogP contribution in [-0.4, -0.2) is 96.9 Å². The lowest BCUT2D eigenvalue weighted by molar-refractivity contribution is -0.182. The van der Waals surface area contributed by atoms with E-state index < -0.39 is 30.2 Å². The largest absolute Gasteiger partial charge is 0.496 e. The van der Waals surface area contributed by atoms with Gasteiger partial charge in [-0.1, -0.05) is 74.5 Å². The van der Waals surface area contributed by atoms with E-state index in [0.29, 0.717) is 35.1 Å². The Kier molecular flexibility index (Phi) is 11.8. The SMILES string of the molecule is C=C1[C@@H](NC(=O)[C@@H]2[C@H]([C@H](C)O)[C@H](CO)ON2Cc2cccc(-c3cc(C(=O)N[C@H](CO)Cc4ccccc4)cc(N(C)C)c3)c2OC)C[C@H]2C[C@@H]1C2(C)C. The number of benzene rings is 3. The van der Waals surface area contributed by atoms with Crippen LogP contribution in [0, 0.1) is 23.2 Å². The van der Waals surface area contributed by atoms with E-state index in [0.717, 1.165) is 40.8 Å². The number of hydrogen-bond donors (Lipinski definition) is 5. The second-order valence-corrected chi connectivity index (χ2v) is 16.0. The zero-order valence-electron chi connectivity index (χ0n) is 32.3. The van der Waals surface area contributed by atoms with Gasteiger partial charge in [0, 0.05) is 42.4 Å². The molecule has 3 saturated carbocycles. The summed E-state index contributed by atoms with van der Waals surface area (Å²) in [5, 5.41) is 39.2. The number of ether oxygens (including phenoxy) is 1. The second-order valence-electron chi connectivity index (χ2n) is 16.0. The van der Waals surface area contributed by atoms with Gasteiger partial charge >= 0.3 is 0 Å². The predicted octanol–water partition coefficient (Wildman–Crippen LogP) is 4.34. The van der Waals surface area contributed by atoms with Gasteiger partial charge in [0.15, 0.2) is 0 Å². The molecule has 290 valence electrons. The molecule has 4 aliphatic rings. The normalized spacial score (nSPS) is 25.7. The summed E-state index contributed by atoms with van der Waals surface area (Å²) in [5.41, 5.74) is 5.61. The molecule has 0 unspecified atom stereocenters. The molecule has 1 aliphatic heterocycles. The van der Waals surface area contributed by atoms with Crippen LogP contribution in [0.5, 0.6) is 5.75 Å². The first-order valence-electron chi connectivity index (χ1n) is 18.9.